The molecular formula is C15H21BrFNS. The summed E-state index contributed by atoms with van der Waals surface area (Å²) >= 11 is 5.60. The molecule has 1 aromatic rings. The molecule has 0 bridgehead atoms. The minimum Gasteiger partial charge on any atom is -0.313 e. The van der Waals surface area contributed by atoms with Crippen molar-refractivity contribution in [1.82, 2.24) is 5.32 Å². The fourth-order valence-electron chi connectivity index (χ4n) is 2.62. The third-order valence-electron chi connectivity index (χ3n) is 3.58. The smallest absolute Gasteiger partial charge is 0.123 e. The molecular weight excluding hydrogens is 325 g/mol. The maximum Gasteiger partial charge on any atom is 0.123 e. The van der Waals surface area contributed by atoms with E-state index in [1.54, 1.807) is 6.07 Å². The predicted molar refractivity (Wildman–Crippen MR) is 85.4 cm³/mol. The Kier molecular flexibility index (Phi) is 6.17. The summed E-state index contributed by atoms with van der Waals surface area (Å²) in [6.45, 7) is 3.11. The molecule has 0 aromatic heterocycles. The van der Waals surface area contributed by atoms with Gasteiger partial charge in [-0.25, -0.2) is 4.39 Å². The number of benzene rings is 1. The first-order chi connectivity index (χ1) is 9.20. The summed E-state index contributed by atoms with van der Waals surface area (Å²) in [5.74, 6) is 1.11. The Labute approximate surface area is 127 Å². The Bertz CT molecular complexity index is 407. The average molecular weight is 346 g/mol. The molecule has 0 radical (unpaired) electrons. The molecule has 1 N–H and O–H groups in total. The molecule has 1 fully saturated rings. The normalized spacial score (nSPS) is 21.3. The summed E-state index contributed by atoms with van der Waals surface area (Å²) in [5.41, 5.74) is 1.07. The van der Waals surface area contributed by atoms with E-state index in [0.717, 1.165) is 23.0 Å². The van der Waals surface area contributed by atoms with Crippen molar-refractivity contribution in [2.45, 2.75) is 43.9 Å². The fraction of sp³-hybridized carbons (Fsp3) is 0.600. The molecule has 1 aliphatic rings. The lowest BCUT2D eigenvalue weighted by Crippen LogP contribution is -2.41. The third kappa shape index (κ3) is 4.47. The molecule has 0 saturated carbocycles. The molecule has 2 unspecified atom stereocenters. The van der Waals surface area contributed by atoms with Gasteiger partial charge in [0.25, 0.3) is 0 Å². The summed E-state index contributed by atoms with van der Waals surface area (Å²) < 4.78 is 14.4. The second kappa shape index (κ2) is 7.65. The first-order valence-corrected chi connectivity index (χ1v) is 8.83. The molecule has 106 valence electrons. The van der Waals surface area contributed by atoms with E-state index in [1.807, 2.05) is 6.07 Å². The lowest BCUT2D eigenvalue weighted by molar-refractivity contribution is 0.470. The Balaban J connectivity index is 2.08. The lowest BCUT2D eigenvalue weighted by Gasteiger charge is -2.30. The van der Waals surface area contributed by atoms with E-state index in [0.29, 0.717) is 11.3 Å². The SMILES string of the molecule is CCNC(Cc1cc(F)ccc1Br)C1CCCCS1. The summed E-state index contributed by atoms with van der Waals surface area (Å²) in [4.78, 5) is 0. The van der Waals surface area contributed by atoms with Crippen molar-refractivity contribution in [2.75, 3.05) is 12.3 Å². The first-order valence-electron chi connectivity index (χ1n) is 6.99. The van der Waals surface area contributed by atoms with Crippen LogP contribution in [0, 0.1) is 5.82 Å². The van der Waals surface area contributed by atoms with Crippen molar-refractivity contribution in [3.8, 4) is 0 Å². The molecule has 1 nitrogen and oxygen atoms in total. The van der Waals surface area contributed by atoms with Crippen LogP contribution in [0.3, 0.4) is 0 Å². The predicted octanol–water partition coefficient (Wildman–Crippen LogP) is 4.39. The fourth-order valence-corrected chi connectivity index (χ4v) is 4.46. The largest absolute Gasteiger partial charge is 0.313 e. The number of hydrogen-bond donors (Lipinski definition) is 1. The van der Waals surface area contributed by atoms with E-state index in [-0.39, 0.29) is 5.82 Å². The van der Waals surface area contributed by atoms with Crippen LogP contribution in [0.1, 0.15) is 31.7 Å². The Morgan fingerprint density at radius 2 is 2.32 bits per heavy atom. The lowest BCUT2D eigenvalue weighted by atomic mass is 9.99. The van der Waals surface area contributed by atoms with Crippen LogP contribution in [-0.2, 0) is 6.42 Å². The van der Waals surface area contributed by atoms with Crippen LogP contribution in [0.2, 0.25) is 0 Å². The highest BCUT2D eigenvalue weighted by Crippen LogP contribution is 2.30. The van der Waals surface area contributed by atoms with E-state index in [4.69, 9.17) is 0 Å². The quantitative estimate of drug-likeness (QED) is 0.848. The minimum absolute atomic E-state index is 0.148. The number of likely N-dealkylation sites (N-methyl/N-ethyl adjacent to an activating group) is 1. The van der Waals surface area contributed by atoms with Crippen LogP contribution in [0.25, 0.3) is 0 Å². The third-order valence-corrected chi connectivity index (χ3v) is 5.87. The van der Waals surface area contributed by atoms with Crippen LogP contribution in [-0.4, -0.2) is 23.6 Å². The molecule has 1 heterocycles. The Morgan fingerprint density at radius 3 is 3.00 bits per heavy atom. The summed E-state index contributed by atoms with van der Waals surface area (Å²) in [6.07, 6.45) is 4.83. The van der Waals surface area contributed by atoms with E-state index in [1.165, 1.54) is 31.1 Å². The van der Waals surface area contributed by atoms with E-state index >= 15 is 0 Å². The molecule has 0 spiro atoms. The van der Waals surface area contributed by atoms with Gasteiger partial charge in [0.15, 0.2) is 0 Å². The molecule has 1 aromatic carbocycles. The Hall–Kier alpha value is -0.0600. The zero-order chi connectivity index (χ0) is 13.7. The van der Waals surface area contributed by atoms with Crippen molar-refractivity contribution in [1.29, 1.82) is 0 Å². The van der Waals surface area contributed by atoms with Gasteiger partial charge in [-0.05, 0) is 55.3 Å². The maximum atomic E-state index is 13.4. The second-order valence-electron chi connectivity index (χ2n) is 5.01. The standard InChI is InChI=1S/C15H21BrFNS/c1-2-18-14(15-5-3-4-8-19-15)10-11-9-12(17)6-7-13(11)16/h6-7,9,14-15,18H,2-5,8,10H2,1H3. The van der Waals surface area contributed by atoms with Gasteiger partial charge in [-0.2, -0.15) is 11.8 Å². The minimum atomic E-state index is -0.148. The molecule has 1 aliphatic heterocycles. The number of thioether (sulfide) groups is 1. The monoisotopic (exact) mass is 345 g/mol. The van der Waals surface area contributed by atoms with Gasteiger partial charge in [0, 0.05) is 15.8 Å². The first kappa shape index (κ1) is 15.3. The second-order valence-corrected chi connectivity index (χ2v) is 7.21. The van der Waals surface area contributed by atoms with E-state index < -0.39 is 0 Å². The summed E-state index contributed by atoms with van der Waals surface area (Å²) in [7, 11) is 0. The number of nitrogens with one attached hydrogen (secondary N) is 1. The van der Waals surface area contributed by atoms with Crippen LogP contribution in [0.5, 0.6) is 0 Å². The molecule has 19 heavy (non-hydrogen) atoms. The van der Waals surface area contributed by atoms with E-state index in [2.05, 4.69) is 39.9 Å². The van der Waals surface area contributed by atoms with Gasteiger partial charge in [0.2, 0.25) is 0 Å². The molecule has 4 heteroatoms. The summed E-state index contributed by atoms with van der Waals surface area (Å²) in [6, 6.07) is 5.41. The van der Waals surface area contributed by atoms with Gasteiger partial charge >= 0.3 is 0 Å². The van der Waals surface area contributed by atoms with Gasteiger partial charge in [-0.1, -0.05) is 29.3 Å². The van der Waals surface area contributed by atoms with E-state index in [9.17, 15) is 4.39 Å². The molecule has 0 amide bonds. The number of rotatable bonds is 5. The molecule has 2 rings (SSSR count). The molecule has 2 atom stereocenters. The van der Waals surface area contributed by atoms with Crippen LogP contribution in [0.4, 0.5) is 4.39 Å². The Morgan fingerprint density at radius 1 is 1.47 bits per heavy atom. The number of hydrogen-bond acceptors (Lipinski definition) is 2. The van der Waals surface area contributed by atoms with Crippen molar-refractivity contribution >= 4 is 27.7 Å². The number of halogens is 2. The van der Waals surface area contributed by atoms with Gasteiger partial charge in [0.05, 0.1) is 0 Å². The van der Waals surface area contributed by atoms with Crippen LogP contribution >= 0.6 is 27.7 Å². The topological polar surface area (TPSA) is 12.0 Å². The van der Waals surface area contributed by atoms with Gasteiger partial charge in [-0.15, -0.1) is 0 Å². The van der Waals surface area contributed by atoms with Gasteiger partial charge < -0.3 is 5.32 Å². The van der Waals surface area contributed by atoms with Gasteiger partial charge in [0.1, 0.15) is 5.82 Å². The summed E-state index contributed by atoms with van der Waals surface area (Å²) in [5, 5.41) is 4.24. The molecule has 1 saturated heterocycles. The molecule has 0 aliphatic carbocycles. The van der Waals surface area contributed by atoms with Crippen molar-refractivity contribution in [3.63, 3.8) is 0 Å². The average Bonchev–Trinajstić information content (AvgIpc) is 2.43. The highest BCUT2D eigenvalue weighted by atomic mass is 79.9. The van der Waals surface area contributed by atoms with Crippen molar-refractivity contribution in [2.24, 2.45) is 0 Å². The van der Waals surface area contributed by atoms with Gasteiger partial charge in [-0.3, -0.25) is 0 Å². The van der Waals surface area contributed by atoms with Crippen molar-refractivity contribution < 1.29 is 4.39 Å². The zero-order valence-electron chi connectivity index (χ0n) is 11.3. The highest BCUT2D eigenvalue weighted by molar-refractivity contribution is 9.10. The maximum absolute atomic E-state index is 13.4. The highest BCUT2D eigenvalue weighted by Gasteiger charge is 2.24. The zero-order valence-corrected chi connectivity index (χ0v) is 13.7. The van der Waals surface area contributed by atoms with Crippen LogP contribution in [0.15, 0.2) is 22.7 Å². The van der Waals surface area contributed by atoms with Crippen molar-refractivity contribution in [3.05, 3.63) is 34.1 Å². The van der Waals surface area contributed by atoms with Crippen LogP contribution < -0.4 is 5.32 Å².